The second-order valence-corrected chi connectivity index (χ2v) is 10.5. The van der Waals surface area contributed by atoms with E-state index in [1.54, 1.807) is 0 Å². The minimum absolute atomic E-state index is 0.619. The monoisotopic (exact) mass is 519 g/mol. The molecule has 2 aliphatic heterocycles. The Morgan fingerprint density at radius 3 is 2.62 bits per heavy atom. The molecule has 39 heavy (non-hydrogen) atoms. The molecule has 4 heterocycles. The maximum Gasteiger partial charge on any atom is 0.229 e. The van der Waals surface area contributed by atoms with E-state index in [1.165, 1.54) is 28.1 Å². The summed E-state index contributed by atoms with van der Waals surface area (Å²) in [5, 5.41) is 10.5. The summed E-state index contributed by atoms with van der Waals surface area (Å²) in [6.07, 6.45) is 6.84. The molecule has 0 radical (unpaired) electrons. The summed E-state index contributed by atoms with van der Waals surface area (Å²) in [7, 11) is 0. The largest absolute Gasteiger partial charge is 0.369 e. The average molecular weight is 520 g/mol. The van der Waals surface area contributed by atoms with Crippen LogP contribution in [0, 0.1) is 13.8 Å². The number of hydrogen-bond donors (Lipinski definition) is 3. The van der Waals surface area contributed by atoms with Crippen LogP contribution < -0.4 is 20.9 Å². The van der Waals surface area contributed by atoms with Crippen molar-refractivity contribution in [1.82, 2.24) is 19.9 Å². The van der Waals surface area contributed by atoms with E-state index >= 15 is 0 Å². The number of para-hydroxylation sites is 1. The van der Waals surface area contributed by atoms with E-state index < -0.39 is 0 Å². The lowest BCUT2D eigenvalue weighted by molar-refractivity contribution is 0.589. The number of fused-ring (bicyclic) bond motifs is 3. The highest BCUT2D eigenvalue weighted by atomic mass is 15.2. The second kappa shape index (κ2) is 10.6. The topological polar surface area (TPSA) is 70.0 Å². The first-order valence-electron chi connectivity index (χ1n) is 14.0. The van der Waals surface area contributed by atoms with Gasteiger partial charge >= 0.3 is 0 Å². The summed E-state index contributed by atoms with van der Waals surface area (Å²) < 4.78 is 2.20. The Hall–Kier alpha value is -4.10. The molecule has 2 aromatic heterocycles. The number of anilines is 4. The molecule has 4 aromatic rings. The number of aromatic nitrogens is 3. The molecule has 1 saturated heterocycles. The zero-order valence-electron chi connectivity index (χ0n) is 23.1. The molecule has 2 aromatic carbocycles. The van der Waals surface area contributed by atoms with Gasteiger partial charge < -0.3 is 25.4 Å². The van der Waals surface area contributed by atoms with E-state index in [9.17, 15) is 0 Å². The Bertz CT molecular complexity index is 1510. The van der Waals surface area contributed by atoms with Crippen LogP contribution in [0.4, 0.5) is 23.0 Å². The van der Waals surface area contributed by atoms with Gasteiger partial charge in [-0.3, -0.25) is 0 Å². The minimum Gasteiger partial charge on any atom is -0.369 e. The van der Waals surface area contributed by atoms with Crippen LogP contribution in [0.3, 0.4) is 0 Å². The van der Waals surface area contributed by atoms with Crippen LogP contribution in [0.15, 0.2) is 61.4 Å². The lowest BCUT2D eigenvalue weighted by Crippen LogP contribution is -2.43. The van der Waals surface area contributed by atoms with Crippen LogP contribution in [0.1, 0.15) is 40.4 Å². The van der Waals surface area contributed by atoms with E-state index in [0.717, 1.165) is 79.5 Å². The maximum absolute atomic E-state index is 4.99. The number of benzene rings is 2. The molecule has 1 fully saturated rings. The van der Waals surface area contributed by atoms with Crippen LogP contribution in [-0.4, -0.2) is 40.7 Å². The van der Waals surface area contributed by atoms with Crippen LogP contribution in [0.5, 0.6) is 0 Å². The van der Waals surface area contributed by atoms with Gasteiger partial charge in [0, 0.05) is 78.2 Å². The Labute approximate surface area is 231 Å². The van der Waals surface area contributed by atoms with Gasteiger partial charge in [-0.25, -0.2) is 4.98 Å². The number of hydrogen-bond acceptors (Lipinski definition) is 6. The van der Waals surface area contributed by atoms with Crippen LogP contribution in [0.2, 0.25) is 0 Å². The van der Waals surface area contributed by atoms with Gasteiger partial charge in [0.05, 0.1) is 0 Å². The van der Waals surface area contributed by atoms with E-state index in [0.29, 0.717) is 5.95 Å². The quantitative estimate of drug-likeness (QED) is 0.288. The number of nitrogens with one attached hydrogen (secondary N) is 3. The molecular weight excluding hydrogens is 482 g/mol. The van der Waals surface area contributed by atoms with Crippen molar-refractivity contribution in [2.75, 3.05) is 41.7 Å². The molecule has 7 nitrogen and oxygen atoms in total. The third-order valence-corrected chi connectivity index (χ3v) is 7.97. The number of rotatable bonds is 7. The molecule has 3 N–H and O–H groups in total. The van der Waals surface area contributed by atoms with E-state index in [1.807, 2.05) is 6.20 Å². The highest BCUT2D eigenvalue weighted by molar-refractivity contribution is 5.79. The van der Waals surface area contributed by atoms with Gasteiger partial charge in [-0.2, -0.15) is 4.98 Å². The van der Waals surface area contributed by atoms with Gasteiger partial charge in [0.15, 0.2) is 0 Å². The van der Waals surface area contributed by atoms with Crippen LogP contribution in [0.25, 0.3) is 11.5 Å². The van der Waals surface area contributed by atoms with E-state index in [-0.39, 0.29) is 0 Å². The molecule has 2 aliphatic rings. The molecule has 0 spiro atoms. The lowest BCUT2D eigenvalue weighted by Gasteiger charge is -2.30. The second-order valence-electron chi connectivity index (χ2n) is 10.5. The van der Waals surface area contributed by atoms with Gasteiger partial charge in [0.25, 0.3) is 0 Å². The fourth-order valence-electron chi connectivity index (χ4n) is 5.75. The van der Waals surface area contributed by atoms with Crippen molar-refractivity contribution in [3.63, 3.8) is 0 Å². The van der Waals surface area contributed by atoms with Gasteiger partial charge in [-0.1, -0.05) is 31.7 Å². The Balaban J connectivity index is 1.25. The molecule has 0 unspecified atom stereocenters. The molecule has 0 atom stereocenters. The van der Waals surface area contributed by atoms with E-state index in [2.05, 4.69) is 106 Å². The summed E-state index contributed by atoms with van der Waals surface area (Å²) in [5.41, 5.74) is 11.6. The standard InChI is InChI=1S/C32H37N7/c1-5-24-19-26(38-17-14-33-15-18-38)10-11-28(24)36-32-34-20-25-9-12-29-27(13-16-39(29)31(25)37-32)23(4)35-30-21(2)7-6-8-22(30)3/h6-8,10-11,13,16,19-20,33,35H,4-5,9,12,14-15,17-18H2,1-3H3,(H,34,36,37). The van der Waals surface area contributed by atoms with Crippen LogP contribution in [-0.2, 0) is 19.3 Å². The Morgan fingerprint density at radius 2 is 1.85 bits per heavy atom. The summed E-state index contributed by atoms with van der Waals surface area (Å²) in [4.78, 5) is 12.1. The van der Waals surface area contributed by atoms with Crippen molar-refractivity contribution in [3.8, 4) is 5.82 Å². The molecule has 0 bridgehead atoms. The number of aryl methyl sites for hydroxylation is 4. The first kappa shape index (κ1) is 25.2. The smallest absolute Gasteiger partial charge is 0.229 e. The van der Waals surface area contributed by atoms with Gasteiger partial charge in [-0.15, -0.1) is 0 Å². The molecule has 0 aliphatic carbocycles. The number of nitrogens with zero attached hydrogens (tertiary/aromatic N) is 4. The van der Waals surface area contributed by atoms with Crippen molar-refractivity contribution in [1.29, 1.82) is 0 Å². The number of piperazine rings is 1. The first-order valence-corrected chi connectivity index (χ1v) is 14.0. The van der Waals surface area contributed by atoms with Crippen molar-refractivity contribution in [3.05, 3.63) is 94.9 Å². The van der Waals surface area contributed by atoms with Crippen molar-refractivity contribution in [2.24, 2.45) is 0 Å². The Kier molecular flexibility index (Phi) is 6.83. The molecule has 0 saturated carbocycles. The summed E-state index contributed by atoms with van der Waals surface area (Å²) >= 11 is 0. The highest BCUT2D eigenvalue weighted by Crippen LogP contribution is 2.32. The highest BCUT2D eigenvalue weighted by Gasteiger charge is 2.23. The van der Waals surface area contributed by atoms with Crippen LogP contribution >= 0.6 is 0 Å². The summed E-state index contributed by atoms with van der Waals surface area (Å²) in [6.45, 7) is 15.0. The maximum atomic E-state index is 4.99. The molecular formula is C32H37N7. The van der Waals surface area contributed by atoms with Gasteiger partial charge in [0.2, 0.25) is 5.95 Å². The fraction of sp³-hybridized carbons (Fsp3) is 0.312. The normalized spacial score (nSPS) is 14.5. The molecule has 0 amide bonds. The third-order valence-electron chi connectivity index (χ3n) is 7.97. The Morgan fingerprint density at radius 1 is 1.05 bits per heavy atom. The van der Waals surface area contributed by atoms with Crippen molar-refractivity contribution in [2.45, 2.75) is 40.0 Å². The van der Waals surface area contributed by atoms with E-state index in [4.69, 9.17) is 4.98 Å². The molecule has 7 heteroatoms. The molecule has 200 valence electrons. The third kappa shape index (κ3) is 4.90. The zero-order valence-corrected chi connectivity index (χ0v) is 23.1. The zero-order chi connectivity index (χ0) is 26.9. The minimum atomic E-state index is 0.619. The predicted molar refractivity (Wildman–Crippen MR) is 162 cm³/mol. The lowest BCUT2D eigenvalue weighted by atomic mass is 10.0. The van der Waals surface area contributed by atoms with Gasteiger partial charge in [0.1, 0.15) is 5.82 Å². The fourth-order valence-corrected chi connectivity index (χ4v) is 5.75. The predicted octanol–water partition coefficient (Wildman–Crippen LogP) is 5.78. The summed E-state index contributed by atoms with van der Waals surface area (Å²) in [5.74, 6) is 1.56. The summed E-state index contributed by atoms with van der Waals surface area (Å²) in [6, 6.07) is 15.2. The van der Waals surface area contributed by atoms with Gasteiger partial charge in [-0.05, 0) is 74.1 Å². The van der Waals surface area contributed by atoms with Crippen molar-refractivity contribution >= 4 is 28.7 Å². The first-order chi connectivity index (χ1) is 19.0. The SMILES string of the molecule is C=C(Nc1c(C)cccc1C)c1ccn2c1CCc1cnc(Nc3ccc(N4CCNCC4)cc3CC)nc1-2. The van der Waals surface area contributed by atoms with Crippen molar-refractivity contribution < 1.29 is 0 Å². The average Bonchev–Trinajstić information content (AvgIpc) is 3.41. The molecule has 6 rings (SSSR count).